The molecule has 0 saturated carbocycles. The lowest BCUT2D eigenvalue weighted by atomic mass is 10.0. The summed E-state index contributed by atoms with van der Waals surface area (Å²) in [5.74, 6) is 0.587. The maximum atomic E-state index is 13.2. The van der Waals surface area contributed by atoms with E-state index >= 15 is 0 Å². The molecule has 1 fully saturated rings. The number of hydrogen-bond donors (Lipinski definition) is 1. The number of nitrogens with one attached hydrogen (secondary N) is 1. The molecular formula is C21H25N3O5S. The average molecular weight is 432 g/mol. The van der Waals surface area contributed by atoms with Crippen LogP contribution in [-0.2, 0) is 10.0 Å². The molecule has 1 aromatic carbocycles. The van der Waals surface area contributed by atoms with Crippen LogP contribution in [0.5, 0.6) is 0 Å². The molecule has 160 valence electrons. The van der Waals surface area contributed by atoms with Gasteiger partial charge in [-0.05, 0) is 64.2 Å². The number of furan rings is 1. The Kier molecular flexibility index (Phi) is 5.09. The van der Waals surface area contributed by atoms with Crippen molar-refractivity contribution in [1.82, 2.24) is 10.1 Å². The van der Waals surface area contributed by atoms with E-state index in [2.05, 4.69) is 9.88 Å². The molecule has 2 aromatic heterocycles. The molecule has 8 nitrogen and oxygen atoms in total. The molecule has 0 aliphatic carbocycles. The van der Waals surface area contributed by atoms with Crippen LogP contribution in [0.1, 0.15) is 52.3 Å². The largest absolute Gasteiger partial charge is 0.449 e. The van der Waals surface area contributed by atoms with Crippen molar-refractivity contribution >= 4 is 32.7 Å². The second-order valence-corrected chi connectivity index (χ2v) is 9.48. The van der Waals surface area contributed by atoms with Crippen molar-refractivity contribution in [2.24, 2.45) is 0 Å². The molecule has 0 bridgehead atoms. The summed E-state index contributed by atoms with van der Waals surface area (Å²) < 4.78 is 39.8. The van der Waals surface area contributed by atoms with Crippen molar-refractivity contribution in [3.8, 4) is 0 Å². The number of carbonyl (C=O) groups excluding carboxylic acids is 1. The number of likely N-dealkylation sites (tertiary alicyclic amines) is 1. The number of anilines is 1. The Balaban J connectivity index is 1.85. The van der Waals surface area contributed by atoms with Crippen molar-refractivity contribution in [1.29, 1.82) is 0 Å². The first kappa shape index (κ1) is 20.5. The minimum Gasteiger partial charge on any atom is -0.449 e. The molecule has 4 rings (SSSR count). The molecule has 1 amide bonds. The number of aryl methyl sites for hydroxylation is 3. The van der Waals surface area contributed by atoms with Crippen molar-refractivity contribution < 1.29 is 22.2 Å². The summed E-state index contributed by atoms with van der Waals surface area (Å²) in [6.45, 7) is 8.41. The molecule has 0 spiro atoms. The minimum absolute atomic E-state index is 0.0129. The molecular weight excluding hydrogens is 406 g/mol. The van der Waals surface area contributed by atoms with Gasteiger partial charge in [0.1, 0.15) is 10.7 Å². The fourth-order valence-corrected chi connectivity index (χ4v) is 5.35. The van der Waals surface area contributed by atoms with Crippen LogP contribution in [0.4, 0.5) is 5.82 Å². The van der Waals surface area contributed by atoms with E-state index in [-0.39, 0.29) is 28.0 Å². The first-order chi connectivity index (χ1) is 14.2. The number of fused-ring (bicyclic) bond motifs is 1. The highest BCUT2D eigenvalue weighted by Crippen LogP contribution is 2.36. The van der Waals surface area contributed by atoms with Gasteiger partial charge in [0.2, 0.25) is 0 Å². The van der Waals surface area contributed by atoms with Crippen LogP contribution >= 0.6 is 0 Å². The Morgan fingerprint density at radius 3 is 2.40 bits per heavy atom. The van der Waals surface area contributed by atoms with Gasteiger partial charge in [0.05, 0.1) is 0 Å². The van der Waals surface area contributed by atoms with Gasteiger partial charge < -0.3 is 13.8 Å². The molecule has 1 saturated heterocycles. The molecule has 0 unspecified atom stereocenters. The second kappa shape index (κ2) is 7.46. The van der Waals surface area contributed by atoms with Crippen LogP contribution in [0, 0.1) is 27.7 Å². The molecule has 1 aliphatic heterocycles. The molecule has 3 aromatic rings. The number of hydrogen-bond acceptors (Lipinski definition) is 6. The number of benzene rings is 1. The van der Waals surface area contributed by atoms with E-state index in [9.17, 15) is 13.2 Å². The van der Waals surface area contributed by atoms with Gasteiger partial charge in [0.15, 0.2) is 17.2 Å². The Morgan fingerprint density at radius 2 is 1.77 bits per heavy atom. The number of amides is 1. The number of nitrogens with zero attached hydrogens (tertiary/aromatic N) is 2. The topological polar surface area (TPSA) is 106 Å². The molecule has 1 N–H and O–H groups in total. The SMILES string of the molecule is Cc1cc(NS(=O)(=O)c2c(C)c(C)cc3c(C)c(C(=O)N4CCCCC4)oc23)no1. The summed E-state index contributed by atoms with van der Waals surface area (Å²) in [5.41, 5.74) is 2.18. The van der Waals surface area contributed by atoms with E-state index in [1.165, 1.54) is 6.07 Å². The van der Waals surface area contributed by atoms with E-state index in [0.29, 0.717) is 35.4 Å². The highest BCUT2D eigenvalue weighted by atomic mass is 32.2. The molecule has 1 aliphatic rings. The van der Waals surface area contributed by atoms with Crippen molar-refractivity contribution in [3.05, 3.63) is 40.3 Å². The number of piperidine rings is 1. The summed E-state index contributed by atoms with van der Waals surface area (Å²) >= 11 is 0. The fraction of sp³-hybridized carbons (Fsp3) is 0.429. The van der Waals surface area contributed by atoms with E-state index < -0.39 is 10.0 Å². The van der Waals surface area contributed by atoms with Gasteiger partial charge in [-0.15, -0.1) is 0 Å². The van der Waals surface area contributed by atoms with E-state index in [1.54, 1.807) is 25.7 Å². The van der Waals surface area contributed by atoms with Crippen molar-refractivity contribution in [2.75, 3.05) is 17.8 Å². The number of carbonyl (C=O) groups is 1. The highest BCUT2D eigenvalue weighted by Gasteiger charge is 2.30. The second-order valence-electron chi connectivity index (χ2n) is 7.86. The van der Waals surface area contributed by atoms with Crippen LogP contribution < -0.4 is 4.72 Å². The standard InChI is InChI=1S/C21H25N3O5S/c1-12-10-16-15(4)18(21(25)24-8-6-5-7-9-24)28-19(16)20(14(12)3)30(26,27)23-17-11-13(2)29-22-17/h10-11H,5-9H2,1-4H3,(H,22,23). The molecule has 9 heteroatoms. The number of rotatable bonds is 4. The molecule has 30 heavy (non-hydrogen) atoms. The monoisotopic (exact) mass is 431 g/mol. The predicted octanol–water partition coefficient (Wildman–Crippen LogP) is 4.08. The molecule has 3 heterocycles. The van der Waals surface area contributed by atoms with E-state index in [0.717, 1.165) is 24.8 Å². The predicted molar refractivity (Wildman–Crippen MR) is 112 cm³/mol. The number of aromatic nitrogens is 1. The van der Waals surface area contributed by atoms with Gasteiger partial charge in [-0.3, -0.25) is 9.52 Å². The number of sulfonamides is 1. The van der Waals surface area contributed by atoms with Gasteiger partial charge in [0, 0.05) is 30.1 Å². The zero-order valence-electron chi connectivity index (χ0n) is 17.5. The summed E-state index contributed by atoms with van der Waals surface area (Å²) in [7, 11) is -4.02. The maximum Gasteiger partial charge on any atom is 0.289 e. The van der Waals surface area contributed by atoms with E-state index in [4.69, 9.17) is 8.94 Å². The minimum atomic E-state index is -4.02. The maximum absolute atomic E-state index is 13.2. The van der Waals surface area contributed by atoms with Crippen LogP contribution in [0.15, 0.2) is 26.0 Å². The molecule has 0 atom stereocenters. The Labute approximate surface area is 175 Å². The molecule has 0 radical (unpaired) electrons. The van der Waals surface area contributed by atoms with Crippen LogP contribution in [0.2, 0.25) is 0 Å². The van der Waals surface area contributed by atoms with Crippen LogP contribution in [0.25, 0.3) is 11.0 Å². The van der Waals surface area contributed by atoms with Gasteiger partial charge in [0.25, 0.3) is 15.9 Å². The lowest BCUT2D eigenvalue weighted by Crippen LogP contribution is -2.35. The zero-order chi connectivity index (χ0) is 21.6. The van der Waals surface area contributed by atoms with Crippen LogP contribution in [-0.4, -0.2) is 37.5 Å². The zero-order valence-corrected chi connectivity index (χ0v) is 18.4. The lowest BCUT2D eigenvalue weighted by Gasteiger charge is -2.25. The summed E-state index contributed by atoms with van der Waals surface area (Å²) in [6, 6.07) is 3.37. The first-order valence-corrected chi connectivity index (χ1v) is 11.5. The highest BCUT2D eigenvalue weighted by molar-refractivity contribution is 7.93. The Bertz CT molecular complexity index is 1230. The van der Waals surface area contributed by atoms with Crippen molar-refractivity contribution in [3.63, 3.8) is 0 Å². The lowest BCUT2D eigenvalue weighted by molar-refractivity contribution is 0.0693. The third-order valence-electron chi connectivity index (χ3n) is 5.67. The van der Waals surface area contributed by atoms with Gasteiger partial charge >= 0.3 is 0 Å². The van der Waals surface area contributed by atoms with Crippen molar-refractivity contribution in [2.45, 2.75) is 51.9 Å². The smallest absolute Gasteiger partial charge is 0.289 e. The third kappa shape index (κ3) is 3.47. The summed E-state index contributed by atoms with van der Waals surface area (Å²) in [5, 5.41) is 4.33. The average Bonchev–Trinajstić information content (AvgIpc) is 3.25. The Hall–Kier alpha value is -2.81. The van der Waals surface area contributed by atoms with Gasteiger partial charge in [-0.25, -0.2) is 8.42 Å². The normalized spacial score (nSPS) is 15.0. The summed E-state index contributed by atoms with van der Waals surface area (Å²) in [6.07, 6.45) is 3.03. The third-order valence-corrected chi connectivity index (χ3v) is 7.17. The van der Waals surface area contributed by atoms with E-state index in [1.807, 2.05) is 13.0 Å². The first-order valence-electron chi connectivity index (χ1n) is 9.98. The van der Waals surface area contributed by atoms with Crippen LogP contribution in [0.3, 0.4) is 0 Å². The fourth-order valence-electron chi connectivity index (χ4n) is 3.91. The summed E-state index contributed by atoms with van der Waals surface area (Å²) in [4.78, 5) is 14.8. The van der Waals surface area contributed by atoms with Gasteiger partial charge in [-0.1, -0.05) is 5.16 Å². The Morgan fingerprint density at radius 1 is 1.07 bits per heavy atom. The van der Waals surface area contributed by atoms with Gasteiger partial charge in [-0.2, -0.15) is 0 Å². The quantitative estimate of drug-likeness (QED) is 0.667.